The first-order chi connectivity index (χ1) is 10.1. The Morgan fingerprint density at radius 3 is 2.62 bits per heavy atom. The first-order valence-electron chi connectivity index (χ1n) is 6.03. The molecule has 0 unspecified atom stereocenters. The van der Waals surface area contributed by atoms with E-state index in [0.717, 1.165) is 5.69 Å². The molecule has 0 amide bonds. The first kappa shape index (κ1) is 13.3. The van der Waals surface area contributed by atoms with Crippen LogP contribution in [0.3, 0.4) is 0 Å². The summed E-state index contributed by atoms with van der Waals surface area (Å²) in [5.74, 6) is 0.0180. The molecular formula is C13H10N4O3S. The van der Waals surface area contributed by atoms with Crippen LogP contribution < -0.4 is 5.32 Å². The fourth-order valence-electron chi connectivity index (χ4n) is 1.67. The predicted octanol–water partition coefficient (Wildman–Crippen LogP) is 3.76. The van der Waals surface area contributed by atoms with Crippen LogP contribution in [-0.4, -0.2) is 15.1 Å². The molecule has 1 N–H and O–H groups in total. The number of rotatable bonds is 4. The van der Waals surface area contributed by atoms with Gasteiger partial charge in [0.1, 0.15) is 4.92 Å². The van der Waals surface area contributed by atoms with Crippen LogP contribution in [0.15, 0.2) is 40.8 Å². The van der Waals surface area contributed by atoms with Gasteiger partial charge in [-0.25, -0.2) is 0 Å². The third-order valence-electron chi connectivity index (χ3n) is 2.71. The summed E-state index contributed by atoms with van der Waals surface area (Å²) in [5.41, 5.74) is 2.06. The molecule has 0 fully saturated rings. The molecule has 0 bridgehead atoms. The summed E-state index contributed by atoms with van der Waals surface area (Å²) in [4.78, 5) is 10.00. The SMILES string of the molecule is Cc1ccc(Nc2nnc(-c3ccc([N+](=O)[O-])o3)s2)cc1. The molecule has 0 aliphatic heterocycles. The van der Waals surface area contributed by atoms with E-state index in [-0.39, 0.29) is 5.88 Å². The van der Waals surface area contributed by atoms with Crippen LogP contribution in [0.4, 0.5) is 16.7 Å². The Labute approximate surface area is 123 Å². The number of aryl methyl sites for hydroxylation is 1. The van der Waals surface area contributed by atoms with E-state index >= 15 is 0 Å². The average molecular weight is 302 g/mol. The molecule has 7 nitrogen and oxygen atoms in total. The lowest BCUT2D eigenvalue weighted by molar-refractivity contribution is -0.401. The third-order valence-corrected chi connectivity index (χ3v) is 3.56. The van der Waals surface area contributed by atoms with Gasteiger partial charge in [-0.2, -0.15) is 0 Å². The molecule has 0 saturated heterocycles. The van der Waals surface area contributed by atoms with E-state index < -0.39 is 4.92 Å². The van der Waals surface area contributed by atoms with Crippen LogP contribution in [0.25, 0.3) is 10.8 Å². The number of nitrogens with one attached hydrogen (secondary N) is 1. The summed E-state index contributed by atoms with van der Waals surface area (Å²) in [6.45, 7) is 2.01. The molecule has 21 heavy (non-hydrogen) atoms. The minimum atomic E-state index is -0.587. The van der Waals surface area contributed by atoms with Gasteiger partial charge >= 0.3 is 5.88 Å². The predicted molar refractivity (Wildman–Crippen MR) is 78.7 cm³/mol. The largest absolute Gasteiger partial charge is 0.433 e. The first-order valence-corrected chi connectivity index (χ1v) is 6.85. The van der Waals surface area contributed by atoms with Gasteiger partial charge in [0, 0.05) is 5.69 Å². The third kappa shape index (κ3) is 2.90. The van der Waals surface area contributed by atoms with Gasteiger partial charge in [-0.1, -0.05) is 29.0 Å². The second kappa shape index (κ2) is 5.33. The number of nitro groups is 1. The van der Waals surface area contributed by atoms with Crippen LogP contribution in [0.1, 0.15) is 5.56 Å². The smallest absolute Gasteiger partial charge is 0.398 e. The van der Waals surface area contributed by atoms with Crippen LogP contribution in [0.2, 0.25) is 0 Å². The zero-order valence-electron chi connectivity index (χ0n) is 10.9. The fraction of sp³-hybridized carbons (Fsp3) is 0.0769. The van der Waals surface area contributed by atoms with Crippen LogP contribution >= 0.6 is 11.3 Å². The Hall–Kier alpha value is -2.74. The number of benzene rings is 1. The Balaban J connectivity index is 1.79. The van der Waals surface area contributed by atoms with Crippen molar-refractivity contribution in [3.8, 4) is 10.8 Å². The zero-order valence-corrected chi connectivity index (χ0v) is 11.8. The molecule has 0 saturated carbocycles. The maximum atomic E-state index is 10.6. The average Bonchev–Trinajstić information content (AvgIpc) is 3.10. The molecule has 3 rings (SSSR count). The monoisotopic (exact) mass is 302 g/mol. The van der Waals surface area contributed by atoms with Crippen LogP contribution in [-0.2, 0) is 0 Å². The van der Waals surface area contributed by atoms with Crippen molar-refractivity contribution in [1.82, 2.24) is 10.2 Å². The number of anilines is 2. The maximum absolute atomic E-state index is 10.6. The van der Waals surface area contributed by atoms with Crippen molar-refractivity contribution < 1.29 is 9.34 Å². The minimum Gasteiger partial charge on any atom is -0.398 e. The number of aromatic nitrogens is 2. The second-order valence-corrected chi connectivity index (χ2v) is 5.28. The summed E-state index contributed by atoms with van der Waals surface area (Å²) >= 11 is 1.26. The van der Waals surface area contributed by atoms with Crippen molar-refractivity contribution in [2.75, 3.05) is 5.32 Å². The second-order valence-electron chi connectivity index (χ2n) is 4.30. The van der Waals surface area contributed by atoms with E-state index in [4.69, 9.17) is 4.42 Å². The number of furan rings is 1. The number of hydrogen-bond donors (Lipinski definition) is 1. The van der Waals surface area contributed by atoms with Gasteiger partial charge in [-0.15, -0.1) is 10.2 Å². The lowest BCUT2D eigenvalue weighted by atomic mass is 10.2. The molecule has 2 aromatic heterocycles. The molecule has 3 aromatic rings. The van der Waals surface area contributed by atoms with E-state index in [1.54, 1.807) is 0 Å². The Morgan fingerprint density at radius 1 is 1.19 bits per heavy atom. The van der Waals surface area contributed by atoms with Gasteiger partial charge in [0.15, 0.2) is 10.8 Å². The normalized spacial score (nSPS) is 10.5. The molecule has 106 valence electrons. The lowest BCUT2D eigenvalue weighted by Crippen LogP contribution is -1.88. The molecule has 1 aromatic carbocycles. The molecular weight excluding hydrogens is 292 g/mol. The van der Waals surface area contributed by atoms with Crippen LogP contribution in [0.5, 0.6) is 0 Å². The summed E-state index contributed by atoms with van der Waals surface area (Å²) in [7, 11) is 0. The van der Waals surface area contributed by atoms with Gasteiger partial charge in [0.05, 0.1) is 6.07 Å². The van der Waals surface area contributed by atoms with Crippen molar-refractivity contribution in [3.05, 3.63) is 52.1 Å². The lowest BCUT2D eigenvalue weighted by Gasteiger charge is -2.01. The summed E-state index contributed by atoms with van der Waals surface area (Å²) in [6.07, 6.45) is 0. The van der Waals surface area contributed by atoms with E-state index in [1.165, 1.54) is 29.0 Å². The fourth-order valence-corrected chi connectivity index (χ4v) is 2.40. The van der Waals surface area contributed by atoms with Crippen LogP contribution in [0, 0.1) is 17.0 Å². The molecule has 0 atom stereocenters. The summed E-state index contributed by atoms with van der Waals surface area (Å²) in [5, 5.41) is 22.7. The van der Waals surface area contributed by atoms with Gasteiger partial charge in [0.2, 0.25) is 5.13 Å². The van der Waals surface area contributed by atoms with Gasteiger partial charge in [0.25, 0.3) is 0 Å². The van der Waals surface area contributed by atoms with Crippen molar-refractivity contribution in [1.29, 1.82) is 0 Å². The standard InChI is InChI=1S/C13H10N4O3S/c1-8-2-4-9(5-3-8)14-13-16-15-12(21-13)10-6-7-11(20-10)17(18)19/h2-7H,1H3,(H,14,16). The highest BCUT2D eigenvalue weighted by Gasteiger charge is 2.16. The highest BCUT2D eigenvalue weighted by Crippen LogP contribution is 2.31. The molecule has 2 heterocycles. The molecule has 0 aliphatic carbocycles. The quantitative estimate of drug-likeness (QED) is 0.582. The summed E-state index contributed by atoms with van der Waals surface area (Å²) < 4.78 is 5.09. The summed E-state index contributed by atoms with van der Waals surface area (Å²) in [6, 6.07) is 10.7. The van der Waals surface area contributed by atoms with Crippen molar-refractivity contribution in [3.63, 3.8) is 0 Å². The van der Waals surface area contributed by atoms with Crippen molar-refractivity contribution >= 4 is 28.0 Å². The molecule has 0 spiro atoms. The number of hydrogen-bond acceptors (Lipinski definition) is 7. The molecule has 0 radical (unpaired) electrons. The van der Waals surface area contributed by atoms with E-state index in [1.807, 2.05) is 31.2 Å². The van der Waals surface area contributed by atoms with Gasteiger partial charge in [-0.05, 0) is 25.1 Å². The minimum absolute atomic E-state index is 0.312. The maximum Gasteiger partial charge on any atom is 0.433 e. The number of nitrogens with zero attached hydrogens (tertiary/aromatic N) is 3. The van der Waals surface area contributed by atoms with Crippen molar-refractivity contribution in [2.45, 2.75) is 6.92 Å². The Bertz CT molecular complexity index is 779. The molecule has 8 heteroatoms. The van der Waals surface area contributed by atoms with E-state index in [0.29, 0.717) is 15.9 Å². The topological polar surface area (TPSA) is 94.1 Å². The Kier molecular flexibility index (Phi) is 3.36. The van der Waals surface area contributed by atoms with E-state index in [2.05, 4.69) is 15.5 Å². The molecule has 0 aliphatic rings. The highest BCUT2D eigenvalue weighted by molar-refractivity contribution is 7.18. The highest BCUT2D eigenvalue weighted by atomic mass is 32.1. The van der Waals surface area contributed by atoms with Gasteiger partial charge in [-0.3, -0.25) is 10.1 Å². The van der Waals surface area contributed by atoms with Gasteiger partial charge < -0.3 is 9.73 Å². The van der Waals surface area contributed by atoms with E-state index in [9.17, 15) is 10.1 Å². The van der Waals surface area contributed by atoms with Crippen molar-refractivity contribution in [2.24, 2.45) is 0 Å². The zero-order chi connectivity index (χ0) is 14.8. The Morgan fingerprint density at radius 2 is 1.95 bits per heavy atom.